The first-order chi connectivity index (χ1) is 10.2. The Balaban J connectivity index is 1.76. The van der Waals surface area contributed by atoms with Crippen LogP contribution in [0, 0.1) is 6.92 Å². The van der Waals surface area contributed by atoms with Gasteiger partial charge in [-0.15, -0.1) is 0 Å². The summed E-state index contributed by atoms with van der Waals surface area (Å²) in [5.41, 5.74) is 4.86. The van der Waals surface area contributed by atoms with Crippen molar-refractivity contribution in [2.24, 2.45) is 0 Å². The van der Waals surface area contributed by atoms with Crippen molar-refractivity contribution >= 4 is 11.4 Å². The molecular formula is C17H15N3O. The van der Waals surface area contributed by atoms with E-state index in [4.69, 9.17) is 0 Å². The van der Waals surface area contributed by atoms with E-state index in [2.05, 4.69) is 41.3 Å². The molecule has 1 aliphatic carbocycles. The minimum Gasteiger partial charge on any atom is -0.294 e. The first-order valence-electron chi connectivity index (χ1n) is 7.14. The number of carbonyl (C=O) groups excluding carboxylic acids is 1. The second kappa shape index (κ2) is 4.52. The van der Waals surface area contributed by atoms with E-state index < -0.39 is 0 Å². The van der Waals surface area contributed by atoms with Gasteiger partial charge in [-0.3, -0.25) is 4.79 Å². The normalized spacial score (nSPS) is 18.0. The van der Waals surface area contributed by atoms with Crippen LogP contribution in [-0.2, 0) is 6.42 Å². The number of ketones is 1. The Morgan fingerprint density at radius 2 is 1.95 bits per heavy atom. The average Bonchev–Trinajstić information content (AvgIpc) is 2.93. The van der Waals surface area contributed by atoms with Crippen molar-refractivity contribution in [3.05, 3.63) is 65.1 Å². The molecule has 4 nitrogen and oxygen atoms in total. The van der Waals surface area contributed by atoms with Gasteiger partial charge in [0.1, 0.15) is 0 Å². The molecule has 1 aliphatic rings. The van der Waals surface area contributed by atoms with E-state index in [0.717, 1.165) is 23.3 Å². The van der Waals surface area contributed by atoms with Crippen molar-refractivity contribution in [3.8, 4) is 0 Å². The number of nitrogens with zero attached hydrogens (tertiary/aromatic N) is 3. The molecule has 0 bridgehead atoms. The van der Waals surface area contributed by atoms with Crippen LogP contribution in [-0.4, -0.2) is 20.4 Å². The Kier molecular flexibility index (Phi) is 2.64. The third kappa shape index (κ3) is 2.03. The Morgan fingerprint density at radius 3 is 2.76 bits per heavy atom. The molecule has 0 aliphatic heterocycles. The summed E-state index contributed by atoms with van der Waals surface area (Å²) in [6.45, 7) is 2.07. The fourth-order valence-electron chi connectivity index (χ4n) is 2.99. The molecule has 4 heteroatoms. The molecule has 0 saturated heterocycles. The average molecular weight is 277 g/mol. The second-order valence-corrected chi connectivity index (χ2v) is 5.67. The summed E-state index contributed by atoms with van der Waals surface area (Å²) in [7, 11) is 0. The number of aromatic nitrogens is 3. The van der Waals surface area contributed by atoms with Crippen molar-refractivity contribution in [2.45, 2.75) is 25.7 Å². The third-order valence-corrected chi connectivity index (χ3v) is 4.18. The van der Waals surface area contributed by atoms with Gasteiger partial charge < -0.3 is 0 Å². The maximum atomic E-state index is 12.4. The Morgan fingerprint density at radius 1 is 1.14 bits per heavy atom. The molecule has 2 aromatic heterocycles. The van der Waals surface area contributed by atoms with Crippen LogP contribution in [0.15, 0.2) is 42.7 Å². The highest BCUT2D eigenvalue weighted by Gasteiger charge is 2.28. The molecule has 1 atom stereocenters. The van der Waals surface area contributed by atoms with Gasteiger partial charge in [0.05, 0.1) is 17.5 Å². The molecule has 1 aromatic carbocycles. The van der Waals surface area contributed by atoms with E-state index in [1.807, 2.05) is 12.3 Å². The van der Waals surface area contributed by atoms with Gasteiger partial charge in [-0.05, 0) is 24.8 Å². The minimum absolute atomic E-state index is 0.159. The molecule has 0 fully saturated rings. The van der Waals surface area contributed by atoms with Crippen LogP contribution in [0.1, 0.15) is 39.5 Å². The first-order valence-corrected chi connectivity index (χ1v) is 7.14. The fraction of sp³-hybridized carbons (Fsp3) is 0.235. The molecule has 0 amide bonds. The number of Topliss-reactive ketones (excluding diaryl/α,β-unsaturated/α-hetero) is 1. The number of fused-ring (bicyclic) bond motifs is 2. The topological polar surface area (TPSA) is 47.3 Å². The lowest BCUT2D eigenvalue weighted by Gasteiger charge is -2.23. The predicted molar refractivity (Wildman–Crippen MR) is 79.6 cm³/mol. The van der Waals surface area contributed by atoms with E-state index in [0.29, 0.717) is 6.42 Å². The SMILES string of the molecule is Cc1ccc(C2CC(=O)c3cn4nccc4nc3C2)cc1. The van der Waals surface area contributed by atoms with Crippen LogP contribution in [0.25, 0.3) is 5.65 Å². The quantitative estimate of drug-likeness (QED) is 0.687. The lowest BCUT2D eigenvalue weighted by Crippen LogP contribution is -2.21. The van der Waals surface area contributed by atoms with E-state index in [1.54, 1.807) is 10.7 Å². The molecular weight excluding hydrogens is 262 g/mol. The van der Waals surface area contributed by atoms with Gasteiger partial charge in [0.15, 0.2) is 11.4 Å². The fourth-order valence-corrected chi connectivity index (χ4v) is 2.99. The van der Waals surface area contributed by atoms with Crippen LogP contribution in [0.2, 0.25) is 0 Å². The standard InChI is InChI=1S/C17H15N3O/c1-11-2-4-12(5-3-11)13-8-15-14(16(21)9-13)10-20-17(19-15)6-7-18-20/h2-7,10,13H,8-9H2,1H3. The highest BCUT2D eigenvalue weighted by atomic mass is 16.1. The predicted octanol–water partition coefficient (Wildman–Crippen LogP) is 2.95. The second-order valence-electron chi connectivity index (χ2n) is 5.67. The number of benzene rings is 1. The molecule has 4 rings (SSSR count). The zero-order chi connectivity index (χ0) is 14.4. The smallest absolute Gasteiger partial charge is 0.166 e. The summed E-state index contributed by atoms with van der Waals surface area (Å²) in [6, 6.07) is 10.3. The highest BCUT2D eigenvalue weighted by molar-refractivity contribution is 5.98. The number of hydrogen-bond acceptors (Lipinski definition) is 3. The molecule has 0 saturated carbocycles. The lowest BCUT2D eigenvalue weighted by molar-refractivity contribution is 0.0962. The first kappa shape index (κ1) is 12.3. The van der Waals surface area contributed by atoms with Crippen molar-refractivity contribution in [3.63, 3.8) is 0 Å². The van der Waals surface area contributed by atoms with Gasteiger partial charge in [-0.1, -0.05) is 29.8 Å². The molecule has 104 valence electrons. The Labute approximate surface area is 122 Å². The minimum atomic E-state index is 0.159. The summed E-state index contributed by atoms with van der Waals surface area (Å²) in [6.07, 6.45) is 4.87. The number of rotatable bonds is 1. The van der Waals surface area contributed by atoms with Gasteiger partial charge in [0.25, 0.3) is 0 Å². The molecule has 21 heavy (non-hydrogen) atoms. The summed E-state index contributed by atoms with van der Waals surface area (Å²) >= 11 is 0. The van der Waals surface area contributed by atoms with Crippen LogP contribution >= 0.6 is 0 Å². The van der Waals surface area contributed by atoms with E-state index in [-0.39, 0.29) is 11.7 Å². The Bertz CT molecular complexity index is 833. The van der Waals surface area contributed by atoms with Crippen LogP contribution in [0.3, 0.4) is 0 Å². The van der Waals surface area contributed by atoms with Gasteiger partial charge in [0, 0.05) is 18.7 Å². The van der Waals surface area contributed by atoms with Crippen LogP contribution < -0.4 is 0 Å². The molecule has 2 heterocycles. The molecule has 0 spiro atoms. The zero-order valence-corrected chi connectivity index (χ0v) is 11.8. The Hall–Kier alpha value is -2.49. The highest BCUT2D eigenvalue weighted by Crippen LogP contribution is 2.32. The zero-order valence-electron chi connectivity index (χ0n) is 11.8. The van der Waals surface area contributed by atoms with E-state index in [1.165, 1.54) is 11.1 Å². The maximum absolute atomic E-state index is 12.4. The monoisotopic (exact) mass is 277 g/mol. The number of aryl methyl sites for hydroxylation is 1. The summed E-state index contributed by atoms with van der Waals surface area (Å²) in [5, 5.41) is 4.15. The van der Waals surface area contributed by atoms with E-state index >= 15 is 0 Å². The molecule has 0 N–H and O–H groups in total. The van der Waals surface area contributed by atoms with Crippen molar-refractivity contribution in [1.82, 2.24) is 14.6 Å². The third-order valence-electron chi connectivity index (χ3n) is 4.18. The maximum Gasteiger partial charge on any atom is 0.166 e. The van der Waals surface area contributed by atoms with Crippen molar-refractivity contribution in [1.29, 1.82) is 0 Å². The van der Waals surface area contributed by atoms with E-state index in [9.17, 15) is 4.79 Å². The van der Waals surface area contributed by atoms with Crippen molar-refractivity contribution < 1.29 is 4.79 Å². The molecule has 3 aromatic rings. The summed E-state index contributed by atoms with van der Waals surface area (Å²) in [4.78, 5) is 17.0. The summed E-state index contributed by atoms with van der Waals surface area (Å²) < 4.78 is 1.67. The molecule has 1 unspecified atom stereocenters. The largest absolute Gasteiger partial charge is 0.294 e. The number of hydrogen-bond donors (Lipinski definition) is 0. The van der Waals surface area contributed by atoms with Gasteiger partial charge in [-0.25, -0.2) is 9.50 Å². The van der Waals surface area contributed by atoms with Gasteiger partial charge in [-0.2, -0.15) is 5.10 Å². The summed E-state index contributed by atoms with van der Waals surface area (Å²) in [5.74, 6) is 0.384. The lowest BCUT2D eigenvalue weighted by atomic mass is 9.82. The van der Waals surface area contributed by atoms with Crippen LogP contribution in [0.5, 0.6) is 0 Å². The number of carbonyl (C=O) groups is 1. The van der Waals surface area contributed by atoms with Gasteiger partial charge >= 0.3 is 0 Å². The van der Waals surface area contributed by atoms with Gasteiger partial charge in [0.2, 0.25) is 0 Å². The van der Waals surface area contributed by atoms with Crippen molar-refractivity contribution in [2.75, 3.05) is 0 Å². The molecule has 0 radical (unpaired) electrons. The van der Waals surface area contributed by atoms with Crippen LogP contribution in [0.4, 0.5) is 0 Å².